The molecule has 1 aliphatic rings. The van der Waals surface area contributed by atoms with E-state index in [2.05, 4.69) is 29.1 Å². The van der Waals surface area contributed by atoms with Crippen molar-refractivity contribution in [1.82, 2.24) is 9.97 Å². The number of rotatable bonds is 4. The second-order valence-electron chi connectivity index (χ2n) is 5.21. The van der Waals surface area contributed by atoms with Crippen LogP contribution in [0.2, 0.25) is 0 Å². The molecule has 1 fully saturated rings. The van der Waals surface area contributed by atoms with Crippen molar-refractivity contribution in [1.29, 1.82) is 0 Å². The molecule has 1 saturated carbocycles. The molecule has 0 amide bonds. The molecule has 1 heterocycles. The van der Waals surface area contributed by atoms with Crippen LogP contribution in [0.1, 0.15) is 51.0 Å². The summed E-state index contributed by atoms with van der Waals surface area (Å²) in [5, 5.41) is 3.45. The first-order valence-corrected chi connectivity index (χ1v) is 6.52. The fourth-order valence-corrected chi connectivity index (χ4v) is 2.57. The van der Waals surface area contributed by atoms with Gasteiger partial charge in [0.05, 0.1) is 0 Å². The molecular formula is C13H22N4. The number of hydrogen-bond donors (Lipinski definition) is 2. The number of hydrogen-bond acceptors (Lipinski definition) is 4. The van der Waals surface area contributed by atoms with Gasteiger partial charge in [-0.1, -0.05) is 26.7 Å². The van der Waals surface area contributed by atoms with Crippen LogP contribution in [0.25, 0.3) is 0 Å². The van der Waals surface area contributed by atoms with Crippen LogP contribution in [-0.2, 0) is 0 Å². The molecule has 94 valence electrons. The van der Waals surface area contributed by atoms with Gasteiger partial charge in [-0.3, -0.25) is 0 Å². The molecule has 1 aromatic heterocycles. The third kappa shape index (κ3) is 2.87. The summed E-state index contributed by atoms with van der Waals surface area (Å²) in [6.45, 7) is 5.25. The maximum absolute atomic E-state index is 5.91. The minimum Gasteiger partial charge on any atom is -0.383 e. The fourth-order valence-electron chi connectivity index (χ4n) is 2.57. The highest BCUT2D eigenvalue weighted by Crippen LogP contribution is 2.28. The van der Waals surface area contributed by atoms with E-state index in [9.17, 15) is 0 Å². The predicted molar refractivity (Wildman–Crippen MR) is 71.0 cm³/mol. The van der Waals surface area contributed by atoms with Crippen LogP contribution >= 0.6 is 0 Å². The van der Waals surface area contributed by atoms with Gasteiger partial charge in [-0.25, -0.2) is 9.97 Å². The lowest BCUT2D eigenvalue weighted by molar-refractivity contribution is 0.578. The largest absolute Gasteiger partial charge is 0.383 e. The zero-order valence-corrected chi connectivity index (χ0v) is 10.7. The van der Waals surface area contributed by atoms with Gasteiger partial charge < -0.3 is 11.1 Å². The first-order chi connectivity index (χ1) is 8.18. The van der Waals surface area contributed by atoms with Gasteiger partial charge in [0.2, 0.25) is 0 Å². The van der Waals surface area contributed by atoms with Crippen molar-refractivity contribution in [2.24, 2.45) is 5.92 Å². The Hall–Kier alpha value is -1.32. The molecule has 0 unspecified atom stereocenters. The van der Waals surface area contributed by atoms with Crippen LogP contribution in [0.3, 0.4) is 0 Å². The van der Waals surface area contributed by atoms with E-state index in [4.69, 9.17) is 5.73 Å². The van der Waals surface area contributed by atoms with Crippen molar-refractivity contribution in [2.75, 3.05) is 17.6 Å². The van der Waals surface area contributed by atoms with Crippen molar-refractivity contribution in [3.8, 4) is 0 Å². The molecule has 4 heteroatoms. The van der Waals surface area contributed by atoms with Crippen LogP contribution in [0.15, 0.2) is 6.33 Å². The summed E-state index contributed by atoms with van der Waals surface area (Å²) >= 11 is 0. The molecular weight excluding hydrogens is 212 g/mol. The van der Waals surface area contributed by atoms with E-state index in [-0.39, 0.29) is 0 Å². The SMILES string of the molecule is CC(C)c1c(N)ncnc1NCC1CCCC1. The average molecular weight is 234 g/mol. The predicted octanol–water partition coefficient (Wildman–Crippen LogP) is 2.78. The van der Waals surface area contributed by atoms with Crippen molar-refractivity contribution < 1.29 is 0 Å². The first-order valence-electron chi connectivity index (χ1n) is 6.52. The first kappa shape index (κ1) is 12.1. The molecule has 1 aromatic rings. The molecule has 0 bridgehead atoms. The standard InChI is InChI=1S/C13H22N4/c1-9(2)11-12(14)16-8-17-13(11)15-7-10-5-3-4-6-10/h8-10H,3-7H2,1-2H3,(H3,14,15,16,17). The van der Waals surface area contributed by atoms with Gasteiger partial charge in [-0.05, 0) is 24.7 Å². The number of aromatic nitrogens is 2. The van der Waals surface area contributed by atoms with Crippen LogP contribution in [-0.4, -0.2) is 16.5 Å². The molecule has 0 spiro atoms. The Kier molecular flexibility index (Phi) is 3.82. The summed E-state index contributed by atoms with van der Waals surface area (Å²) in [4.78, 5) is 8.39. The normalized spacial score (nSPS) is 16.6. The van der Waals surface area contributed by atoms with E-state index in [0.717, 1.165) is 23.8 Å². The summed E-state index contributed by atoms with van der Waals surface area (Å²) < 4.78 is 0. The van der Waals surface area contributed by atoms with Gasteiger partial charge in [0, 0.05) is 12.1 Å². The van der Waals surface area contributed by atoms with Gasteiger partial charge in [0.1, 0.15) is 18.0 Å². The summed E-state index contributed by atoms with van der Waals surface area (Å²) in [6, 6.07) is 0. The van der Waals surface area contributed by atoms with Crippen molar-refractivity contribution >= 4 is 11.6 Å². The Morgan fingerprint density at radius 3 is 2.71 bits per heavy atom. The molecule has 0 saturated heterocycles. The van der Waals surface area contributed by atoms with Crippen molar-refractivity contribution in [3.63, 3.8) is 0 Å². The summed E-state index contributed by atoms with van der Waals surface area (Å²) in [5.41, 5.74) is 6.96. The Morgan fingerprint density at radius 1 is 1.35 bits per heavy atom. The zero-order valence-electron chi connectivity index (χ0n) is 10.7. The molecule has 2 rings (SSSR count). The molecule has 4 nitrogen and oxygen atoms in total. The fraction of sp³-hybridized carbons (Fsp3) is 0.692. The highest BCUT2D eigenvalue weighted by atomic mass is 15.0. The third-order valence-corrected chi connectivity index (χ3v) is 3.53. The smallest absolute Gasteiger partial charge is 0.134 e. The van der Waals surface area contributed by atoms with E-state index in [0.29, 0.717) is 11.7 Å². The van der Waals surface area contributed by atoms with Crippen LogP contribution < -0.4 is 11.1 Å². The average Bonchev–Trinajstić information content (AvgIpc) is 2.78. The van der Waals surface area contributed by atoms with E-state index in [1.807, 2.05) is 0 Å². The van der Waals surface area contributed by atoms with E-state index >= 15 is 0 Å². The van der Waals surface area contributed by atoms with E-state index in [1.165, 1.54) is 32.0 Å². The van der Waals surface area contributed by atoms with Gasteiger partial charge in [0.15, 0.2) is 0 Å². The van der Waals surface area contributed by atoms with Gasteiger partial charge >= 0.3 is 0 Å². The molecule has 0 aromatic carbocycles. The quantitative estimate of drug-likeness (QED) is 0.840. The molecule has 0 aliphatic heterocycles. The summed E-state index contributed by atoms with van der Waals surface area (Å²) in [7, 11) is 0. The van der Waals surface area contributed by atoms with Gasteiger partial charge in [-0.2, -0.15) is 0 Å². The molecule has 17 heavy (non-hydrogen) atoms. The number of nitrogen functional groups attached to an aromatic ring is 1. The van der Waals surface area contributed by atoms with Crippen molar-refractivity contribution in [2.45, 2.75) is 45.4 Å². The number of nitrogens with one attached hydrogen (secondary N) is 1. The minimum absolute atomic E-state index is 0.349. The molecule has 0 radical (unpaired) electrons. The topological polar surface area (TPSA) is 63.8 Å². The monoisotopic (exact) mass is 234 g/mol. The Labute approximate surface area is 103 Å². The van der Waals surface area contributed by atoms with Gasteiger partial charge in [0.25, 0.3) is 0 Å². The maximum atomic E-state index is 5.91. The molecule has 1 aliphatic carbocycles. The molecule has 3 N–H and O–H groups in total. The van der Waals surface area contributed by atoms with Crippen molar-refractivity contribution in [3.05, 3.63) is 11.9 Å². The lowest BCUT2D eigenvalue weighted by Crippen LogP contribution is -2.15. The van der Waals surface area contributed by atoms with E-state index in [1.54, 1.807) is 0 Å². The highest BCUT2D eigenvalue weighted by molar-refractivity contribution is 5.56. The summed E-state index contributed by atoms with van der Waals surface area (Å²) in [5.74, 6) is 2.66. The third-order valence-electron chi connectivity index (χ3n) is 3.53. The summed E-state index contributed by atoms with van der Waals surface area (Å²) in [6.07, 6.45) is 6.96. The lowest BCUT2D eigenvalue weighted by Gasteiger charge is -2.17. The Morgan fingerprint density at radius 2 is 2.06 bits per heavy atom. The highest BCUT2D eigenvalue weighted by Gasteiger charge is 2.17. The zero-order chi connectivity index (χ0) is 12.3. The van der Waals surface area contributed by atoms with E-state index < -0.39 is 0 Å². The number of anilines is 2. The number of nitrogens with zero attached hydrogens (tertiary/aromatic N) is 2. The van der Waals surface area contributed by atoms with Crippen LogP contribution in [0.4, 0.5) is 11.6 Å². The maximum Gasteiger partial charge on any atom is 0.134 e. The molecule has 0 atom stereocenters. The lowest BCUT2D eigenvalue weighted by atomic mass is 10.0. The number of nitrogens with two attached hydrogens (primary N) is 1. The van der Waals surface area contributed by atoms with Gasteiger partial charge in [-0.15, -0.1) is 0 Å². The second-order valence-corrected chi connectivity index (χ2v) is 5.21. The van der Waals surface area contributed by atoms with Crippen LogP contribution in [0, 0.1) is 5.92 Å². The second kappa shape index (κ2) is 5.34. The Bertz CT molecular complexity index is 370. The Balaban J connectivity index is 2.06. The minimum atomic E-state index is 0.349. The van der Waals surface area contributed by atoms with Crippen LogP contribution in [0.5, 0.6) is 0 Å².